The maximum Gasteiger partial charge on any atom is 0.228 e. The third-order valence-corrected chi connectivity index (χ3v) is 2.66. The Kier molecular flexibility index (Phi) is 4.33. The molecule has 2 rings (SSSR count). The van der Waals surface area contributed by atoms with Gasteiger partial charge in [0, 0.05) is 39.4 Å². The van der Waals surface area contributed by atoms with Crippen molar-refractivity contribution < 1.29 is 9.47 Å². The van der Waals surface area contributed by atoms with Crippen LogP contribution in [0.25, 0.3) is 0 Å². The van der Waals surface area contributed by atoms with Crippen molar-refractivity contribution in [1.82, 2.24) is 15.3 Å². The first-order valence-electron chi connectivity index (χ1n) is 6.14. The zero-order valence-electron chi connectivity index (χ0n) is 11.1. The summed E-state index contributed by atoms with van der Waals surface area (Å²) in [5, 5.41) is 3.30. The SMILES string of the molecule is CC1CNCC(COc2ccnc(N(C)C)n2)O1. The van der Waals surface area contributed by atoms with Crippen LogP contribution in [0.5, 0.6) is 5.88 Å². The largest absolute Gasteiger partial charge is 0.475 e. The number of anilines is 1. The van der Waals surface area contributed by atoms with E-state index in [1.54, 1.807) is 12.3 Å². The van der Waals surface area contributed by atoms with Crippen LogP contribution in [-0.2, 0) is 4.74 Å². The Bertz CT molecular complexity index is 386. The number of aromatic nitrogens is 2. The quantitative estimate of drug-likeness (QED) is 0.831. The molecule has 1 aliphatic rings. The average molecular weight is 252 g/mol. The monoisotopic (exact) mass is 252 g/mol. The van der Waals surface area contributed by atoms with Gasteiger partial charge in [-0.1, -0.05) is 0 Å². The number of rotatable bonds is 4. The standard InChI is InChI=1S/C12H20N4O2/c1-9-6-13-7-10(18-9)8-17-11-4-5-14-12(15-11)16(2)3/h4-5,9-10,13H,6-8H2,1-3H3. The highest BCUT2D eigenvalue weighted by Crippen LogP contribution is 2.11. The van der Waals surface area contributed by atoms with Gasteiger partial charge in [0.05, 0.1) is 6.10 Å². The number of hydrogen-bond acceptors (Lipinski definition) is 6. The third-order valence-electron chi connectivity index (χ3n) is 2.66. The zero-order chi connectivity index (χ0) is 13.0. The summed E-state index contributed by atoms with van der Waals surface area (Å²) in [5.41, 5.74) is 0. The van der Waals surface area contributed by atoms with E-state index in [0.717, 1.165) is 13.1 Å². The summed E-state index contributed by atoms with van der Waals surface area (Å²) in [6.07, 6.45) is 2.00. The summed E-state index contributed by atoms with van der Waals surface area (Å²) in [6.45, 7) is 4.26. The lowest BCUT2D eigenvalue weighted by atomic mass is 10.2. The van der Waals surface area contributed by atoms with Crippen LogP contribution in [0.3, 0.4) is 0 Å². The molecule has 1 saturated heterocycles. The van der Waals surface area contributed by atoms with Gasteiger partial charge in [0.2, 0.25) is 11.8 Å². The molecule has 0 bridgehead atoms. The van der Waals surface area contributed by atoms with Crippen LogP contribution < -0.4 is 15.0 Å². The molecule has 0 aromatic carbocycles. The number of morpholine rings is 1. The number of nitrogens with one attached hydrogen (secondary N) is 1. The lowest BCUT2D eigenvalue weighted by Gasteiger charge is -2.28. The van der Waals surface area contributed by atoms with Crippen molar-refractivity contribution in [3.63, 3.8) is 0 Å². The summed E-state index contributed by atoms with van der Waals surface area (Å²) in [7, 11) is 3.80. The predicted molar refractivity (Wildman–Crippen MR) is 69.1 cm³/mol. The van der Waals surface area contributed by atoms with E-state index in [0.29, 0.717) is 18.4 Å². The minimum atomic E-state index is 0.0755. The Balaban J connectivity index is 1.87. The van der Waals surface area contributed by atoms with Gasteiger partial charge >= 0.3 is 0 Å². The van der Waals surface area contributed by atoms with Gasteiger partial charge in [0.25, 0.3) is 0 Å². The molecule has 6 nitrogen and oxygen atoms in total. The molecule has 1 aromatic heterocycles. The van der Waals surface area contributed by atoms with E-state index in [1.807, 2.05) is 25.9 Å². The zero-order valence-corrected chi connectivity index (χ0v) is 11.1. The molecule has 2 atom stereocenters. The minimum absolute atomic E-state index is 0.0755. The second-order valence-corrected chi connectivity index (χ2v) is 4.63. The van der Waals surface area contributed by atoms with Crippen LogP contribution in [0.2, 0.25) is 0 Å². The molecule has 0 spiro atoms. The van der Waals surface area contributed by atoms with Crippen molar-refractivity contribution in [2.75, 3.05) is 38.7 Å². The number of hydrogen-bond donors (Lipinski definition) is 1. The van der Waals surface area contributed by atoms with Crippen molar-refractivity contribution in [1.29, 1.82) is 0 Å². The highest BCUT2D eigenvalue weighted by Gasteiger charge is 2.19. The average Bonchev–Trinajstić information content (AvgIpc) is 2.37. The minimum Gasteiger partial charge on any atom is -0.475 e. The van der Waals surface area contributed by atoms with Crippen LogP contribution >= 0.6 is 0 Å². The molecule has 0 amide bonds. The van der Waals surface area contributed by atoms with Gasteiger partial charge < -0.3 is 19.7 Å². The maximum atomic E-state index is 5.74. The molecule has 0 aliphatic carbocycles. The van der Waals surface area contributed by atoms with Gasteiger partial charge in [-0.15, -0.1) is 0 Å². The number of nitrogens with zero attached hydrogens (tertiary/aromatic N) is 3. The molecule has 0 radical (unpaired) electrons. The van der Waals surface area contributed by atoms with Crippen molar-refractivity contribution in [2.24, 2.45) is 0 Å². The van der Waals surface area contributed by atoms with E-state index in [4.69, 9.17) is 9.47 Å². The normalized spacial score (nSPS) is 23.7. The third kappa shape index (κ3) is 3.54. The first kappa shape index (κ1) is 13.0. The summed E-state index contributed by atoms with van der Waals surface area (Å²) in [5.74, 6) is 1.22. The van der Waals surface area contributed by atoms with Gasteiger partial charge in [-0.05, 0) is 6.92 Å². The second-order valence-electron chi connectivity index (χ2n) is 4.63. The van der Waals surface area contributed by atoms with Crippen LogP contribution in [0.4, 0.5) is 5.95 Å². The predicted octanol–water partition coefficient (Wildman–Crippen LogP) is 0.298. The lowest BCUT2D eigenvalue weighted by Crippen LogP contribution is -2.45. The smallest absolute Gasteiger partial charge is 0.228 e. The molecule has 18 heavy (non-hydrogen) atoms. The van der Waals surface area contributed by atoms with E-state index in [-0.39, 0.29) is 12.2 Å². The number of ether oxygens (including phenoxy) is 2. The fourth-order valence-corrected chi connectivity index (χ4v) is 1.78. The summed E-state index contributed by atoms with van der Waals surface area (Å²) < 4.78 is 11.4. The van der Waals surface area contributed by atoms with E-state index >= 15 is 0 Å². The highest BCUT2D eigenvalue weighted by atomic mass is 16.5. The van der Waals surface area contributed by atoms with E-state index in [2.05, 4.69) is 15.3 Å². The van der Waals surface area contributed by atoms with E-state index < -0.39 is 0 Å². The Morgan fingerprint density at radius 1 is 1.50 bits per heavy atom. The van der Waals surface area contributed by atoms with E-state index in [1.165, 1.54) is 0 Å². The first-order valence-corrected chi connectivity index (χ1v) is 6.14. The lowest BCUT2D eigenvalue weighted by molar-refractivity contribution is -0.0476. The molecule has 2 unspecified atom stereocenters. The highest BCUT2D eigenvalue weighted by molar-refractivity contribution is 5.29. The van der Waals surface area contributed by atoms with Crippen LogP contribution in [0.15, 0.2) is 12.3 Å². The van der Waals surface area contributed by atoms with Gasteiger partial charge in [-0.3, -0.25) is 0 Å². The van der Waals surface area contributed by atoms with Gasteiger partial charge in [0.1, 0.15) is 12.7 Å². The molecule has 2 heterocycles. The topological polar surface area (TPSA) is 59.5 Å². The molecule has 1 aromatic rings. The van der Waals surface area contributed by atoms with Crippen LogP contribution in [-0.4, -0.2) is 56.0 Å². The molecule has 0 saturated carbocycles. The molecule has 100 valence electrons. The van der Waals surface area contributed by atoms with Crippen molar-refractivity contribution in [3.8, 4) is 5.88 Å². The van der Waals surface area contributed by atoms with Gasteiger partial charge in [-0.2, -0.15) is 4.98 Å². The van der Waals surface area contributed by atoms with Gasteiger partial charge in [0.15, 0.2) is 0 Å². The molecule has 1 aliphatic heterocycles. The molecular formula is C12H20N4O2. The summed E-state index contributed by atoms with van der Waals surface area (Å²) >= 11 is 0. The maximum absolute atomic E-state index is 5.74. The van der Waals surface area contributed by atoms with E-state index in [9.17, 15) is 0 Å². The van der Waals surface area contributed by atoms with Crippen LogP contribution in [0.1, 0.15) is 6.92 Å². The second kappa shape index (κ2) is 5.97. The summed E-state index contributed by atoms with van der Waals surface area (Å²) in [6, 6.07) is 1.76. The Morgan fingerprint density at radius 3 is 3.06 bits per heavy atom. The van der Waals surface area contributed by atoms with Crippen molar-refractivity contribution in [3.05, 3.63) is 12.3 Å². The molecule has 1 N–H and O–H groups in total. The van der Waals surface area contributed by atoms with Crippen molar-refractivity contribution >= 4 is 5.95 Å². The Labute approximate surface area is 107 Å². The molecule has 6 heteroatoms. The summed E-state index contributed by atoms with van der Waals surface area (Å²) in [4.78, 5) is 10.3. The molecule has 1 fully saturated rings. The molecular weight excluding hydrogens is 232 g/mol. The van der Waals surface area contributed by atoms with Crippen molar-refractivity contribution in [2.45, 2.75) is 19.1 Å². The fourth-order valence-electron chi connectivity index (χ4n) is 1.78. The fraction of sp³-hybridized carbons (Fsp3) is 0.667. The Hall–Kier alpha value is -1.40. The van der Waals surface area contributed by atoms with Crippen LogP contribution in [0, 0.1) is 0 Å². The van der Waals surface area contributed by atoms with Gasteiger partial charge in [-0.25, -0.2) is 4.98 Å². The Morgan fingerprint density at radius 2 is 2.33 bits per heavy atom. The first-order chi connectivity index (χ1) is 8.65.